The molecule has 0 saturated carbocycles. The van der Waals surface area contributed by atoms with Gasteiger partial charge < -0.3 is 5.11 Å². The smallest absolute Gasteiger partial charge is 0.311 e. The van der Waals surface area contributed by atoms with Crippen LogP contribution in [0.2, 0.25) is 0 Å². The van der Waals surface area contributed by atoms with Crippen LogP contribution in [0.15, 0.2) is 54.6 Å². The quantitative estimate of drug-likeness (QED) is 0.858. The summed E-state index contributed by atoms with van der Waals surface area (Å²) in [5, 5.41) is 9.43. The number of hydrogen-bond acceptors (Lipinski definition) is 1. The average molecular weight is 268 g/mol. The van der Waals surface area contributed by atoms with Crippen LogP contribution < -0.4 is 0 Å². The zero-order chi connectivity index (χ0) is 14.4. The summed E-state index contributed by atoms with van der Waals surface area (Å²) in [4.78, 5) is 11.5. The van der Waals surface area contributed by atoms with E-state index < -0.39 is 11.9 Å². The van der Waals surface area contributed by atoms with Crippen molar-refractivity contribution < 1.29 is 9.90 Å². The van der Waals surface area contributed by atoms with Gasteiger partial charge in [-0.1, -0.05) is 67.9 Å². The largest absolute Gasteiger partial charge is 0.481 e. The highest BCUT2D eigenvalue weighted by Gasteiger charge is 2.19. The molecule has 0 amide bonds. The molecular formula is C18H20O2. The number of aliphatic carboxylic acids is 1. The lowest BCUT2D eigenvalue weighted by Crippen LogP contribution is -2.14. The molecule has 0 radical (unpaired) electrons. The molecule has 0 aliphatic heterocycles. The zero-order valence-corrected chi connectivity index (χ0v) is 11.8. The van der Waals surface area contributed by atoms with Crippen LogP contribution in [0.5, 0.6) is 0 Å². The van der Waals surface area contributed by atoms with Crippen molar-refractivity contribution in [2.45, 2.75) is 32.1 Å². The summed E-state index contributed by atoms with van der Waals surface area (Å²) in [6, 6.07) is 17.7. The molecule has 0 saturated heterocycles. The molecule has 0 bridgehead atoms. The maximum Gasteiger partial charge on any atom is 0.311 e. The second-order valence-electron chi connectivity index (χ2n) is 5.07. The third-order valence-electron chi connectivity index (χ3n) is 3.50. The number of benzene rings is 2. The van der Waals surface area contributed by atoms with E-state index >= 15 is 0 Å². The van der Waals surface area contributed by atoms with Crippen molar-refractivity contribution in [1.29, 1.82) is 0 Å². The summed E-state index contributed by atoms with van der Waals surface area (Å²) in [6.45, 7) is 2.16. The van der Waals surface area contributed by atoms with Crippen LogP contribution >= 0.6 is 0 Å². The molecule has 2 aromatic carbocycles. The molecule has 0 fully saturated rings. The van der Waals surface area contributed by atoms with Gasteiger partial charge in [-0.3, -0.25) is 4.79 Å². The van der Waals surface area contributed by atoms with E-state index in [1.807, 2.05) is 42.5 Å². The molecule has 2 heteroatoms. The van der Waals surface area contributed by atoms with Gasteiger partial charge in [0.25, 0.3) is 0 Å². The highest BCUT2D eigenvalue weighted by atomic mass is 16.4. The van der Waals surface area contributed by atoms with Crippen LogP contribution in [0.4, 0.5) is 0 Å². The van der Waals surface area contributed by atoms with Crippen LogP contribution in [0, 0.1) is 0 Å². The highest BCUT2D eigenvalue weighted by Crippen LogP contribution is 2.21. The second-order valence-corrected chi connectivity index (χ2v) is 5.07. The molecule has 1 atom stereocenters. The topological polar surface area (TPSA) is 37.3 Å². The van der Waals surface area contributed by atoms with Crippen LogP contribution in [0.3, 0.4) is 0 Å². The first-order valence-corrected chi connectivity index (χ1v) is 7.06. The minimum Gasteiger partial charge on any atom is -0.481 e. The molecule has 2 aromatic rings. The van der Waals surface area contributed by atoms with E-state index in [4.69, 9.17) is 0 Å². The van der Waals surface area contributed by atoms with Crippen LogP contribution in [0.25, 0.3) is 0 Å². The molecule has 1 N–H and O–H groups in total. The Kier molecular flexibility index (Phi) is 4.94. The summed E-state index contributed by atoms with van der Waals surface area (Å²) in [5.74, 6) is -1.25. The average Bonchev–Trinajstić information content (AvgIpc) is 2.47. The van der Waals surface area contributed by atoms with Gasteiger partial charge in [0.05, 0.1) is 5.92 Å². The van der Waals surface area contributed by atoms with E-state index in [1.54, 1.807) is 0 Å². The molecule has 2 rings (SSSR count). The van der Waals surface area contributed by atoms with Crippen LogP contribution in [0.1, 0.15) is 36.0 Å². The van der Waals surface area contributed by atoms with Gasteiger partial charge >= 0.3 is 5.97 Å². The molecule has 0 aromatic heterocycles. The van der Waals surface area contributed by atoms with Gasteiger partial charge in [-0.25, -0.2) is 0 Å². The number of carbonyl (C=O) groups is 1. The number of aryl methyl sites for hydroxylation is 1. The molecule has 1 unspecified atom stereocenters. The van der Waals surface area contributed by atoms with Gasteiger partial charge in [0, 0.05) is 0 Å². The standard InChI is InChI=1S/C18H20O2/c1-2-6-14-9-11-15(12-10-14)13-17(18(19)20)16-7-4-3-5-8-16/h3-5,7-12,17H,2,6,13H2,1H3,(H,19,20). The molecule has 0 heterocycles. The molecule has 0 spiro atoms. The SMILES string of the molecule is CCCc1ccc(CC(C(=O)O)c2ccccc2)cc1. The summed E-state index contributed by atoms with van der Waals surface area (Å²) in [6.07, 6.45) is 2.73. The van der Waals surface area contributed by atoms with Crippen molar-refractivity contribution in [1.82, 2.24) is 0 Å². The number of carboxylic acids is 1. The lowest BCUT2D eigenvalue weighted by atomic mass is 9.91. The first-order chi connectivity index (χ1) is 9.70. The van der Waals surface area contributed by atoms with E-state index in [1.165, 1.54) is 5.56 Å². The lowest BCUT2D eigenvalue weighted by molar-refractivity contribution is -0.138. The Morgan fingerprint density at radius 3 is 2.15 bits per heavy atom. The van der Waals surface area contributed by atoms with Crippen molar-refractivity contribution in [2.24, 2.45) is 0 Å². The summed E-state index contributed by atoms with van der Waals surface area (Å²) < 4.78 is 0. The third kappa shape index (κ3) is 3.70. The van der Waals surface area contributed by atoms with Crippen molar-refractivity contribution in [3.63, 3.8) is 0 Å². The molecule has 20 heavy (non-hydrogen) atoms. The van der Waals surface area contributed by atoms with E-state index in [0.29, 0.717) is 6.42 Å². The fraction of sp³-hybridized carbons (Fsp3) is 0.278. The van der Waals surface area contributed by atoms with E-state index in [9.17, 15) is 9.90 Å². The number of rotatable bonds is 6. The predicted octanol–water partition coefficient (Wildman–Crippen LogP) is 4.05. The number of carboxylic acid groups (broad SMARTS) is 1. The highest BCUT2D eigenvalue weighted by molar-refractivity contribution is 5.76. The molecule has 0 aliphatic carbocycles. The van der Waals surface area contributed by atoms with Crippen LogP contribution in [-0.4, -0.2) is 11.1 Å². The first kappa shape index (κ1) is 14.3. The fourth-order valence-corrected chi connectivity index (χ4v) is 2.40. The Balaban J connectivity index is 2.14. The first-order valence-electron chi connectivity index (χ1n) is 7.06. The molecule has 0 aliphatic rings. The fourth-order valence-electron chi connectivity index (χ4n) is 2.40. The Morgan fingerprint density at radius 2 is 1.60 bits per heavy atom. The Bertz CT molecular complexity index is 543. The van der Waals surface area contributed by atoms with E-state index in [0.717, 1.165) is 24.0 Å². The van der Waals surface area contributed by atoms with Gasteiger partial charge in [-0.05, 0) is 29.5 Å². The van der Waals surface area contributed by atoms with Gasteiger partial charge in [0.15, 0.2) is 0 Å². The summed E-state index contributed by atoms with van der Waals surface area (Å²) in [5.41, 5.74) is 3.24. The minimum absolute atomic E-state index is 0.478. The number of hydrogen-bond donors (Lipinski definition) is 1. The van der Waals surface area contributed by atoms with Crippen molar-refractivity contribution >= 4 is 5.97 Å². The predicted molar refractivity (Wildman–Crippen MR) is 81.0 cm³/mol. The van der Waals surface area contributed by atoms with Gasteiger partial charge in [0.2, 0.25) is 0 Å². The maximum absolute atomic E-state index is 11.5. The van der Waals surface area contributed by atoms with E-state index in [2.05, 4.69) is 19.1 Å². The maximum atomic E-state index is 11.5. The molecular weight excluding hydrogens is 248 g/mol. The Hall–Kier alpha value is -2.09. The summed E-state index contributed by atoms with van der Waals surface area (Å²) in [7, 11) is 0. The van der Waals surface area contributed by atoms with Crippen molar-refractivity contribution in [3.8, 4) is 0 Å². The molecule has 104 valence electrons. The van der Waals surface area contributed by atoms with Crippen molar-refractivity contribution in [2.75, 3.05) is 0 Å². The Labute approximate surface area is 120 Å². The van der Waals surface area contributed by atoms with Gasteiger partial charge in [-0.15, -0.1) is 0 Å². The lowest BCUT2D eigenvalue weighted by Gasteiger charge is -2.13. The zero-order valence-electron chi connectivity index (χ0n) is 11.8. The monoisotopic (exact) mass is 268 g/mol. The van der Waals surface area contributed by atoms with Gasteiger partial charge in [-0.2, -0.15) is 0 Å². The second kappa shape index (κ2) is 6.90. The molecule has 2 nitrogen and oxygen atoms in total. The third-order valence-corrected chi connectivity index (χ3v) is 3.50. The van der Waals surface area contributed by atoms with Crippen LogP contribution in [-0.2, 0) is 17.6 Å². The minimum atomic E-state index is -0.770. The Morgan fingerprint density at radius 1 is 1.00 bits per heavy atom. The summed E-state index contributed by atoms with van der Waals surface area (Å²) >= 11 is 0. The van der Waals surface area contributed by atoms with Crippen molar-refractivity contribution in [3.05, 3.63) is 71.3 Å². The normalized spacial score (nSPS) is 12.1. The van der Waals surface area contributed by atoms with Gasteiger partial charge in [0.1, 0.15) is 0 Å². The van der Waals surface area contributed by atoms with E-state index in [-0.39, 0.29) is 0 Å².